The first kappa shape index (κ1) is 11.7. The lowest BCUT2D eigenvalue weighted by molar-refractivity contribution is 0.571. The lowest BCUT2D eigenvalue weighted by atomic mass is 10.0. The second kappa shape index (κ2) is 7.03. The molecule has 1 unspecified atom stereocenters. The molecule has 1 atom stereocenters. The zero-order valence-corrected chi connectivity index (χ0v) is 9.02. The van der Waals surface area contributed by atoms with Crippen LogP contribution in [0.4, 0.5) is 0 Å². The largest absolute Gasteiger partial charge is 0.327 e. The lowest BCUT2D eigenvalue weighted by Gasteiger charge is -2.06. The molecule has 0 fully saturated rings. The molecule has 0 aliphatic rings. The van der Waals surface area contributed by atoms with Crippen molar-refractivity contribution >= 4 is 0 Å². The summed E-state index contributed by atoms with van der Waals surface area (Å²) >= 11 is 0. The summed E-state index contributed by atoms with van der Waals surface area (Å²) in [6, 6.07) is 12.6. The van der Waals surface area contributed by atoms with Gasteiger partial charge in [-0.2, -0.15) is 5.26 Å². The van der Waals surface area contributed by atoms with Gasteiger partial charge in [-0.1, -0.05) is 36.8 Å². The van der Waals surface area contributed by atoms with Crippen molar-refractivity contribution in [3.8, 4) is 6.07 Å². The highest BCUT2D eigenvalue weighted by Gasteiger charge is 2.00. The van der Waals surface area contributed by atoms with E-state index in [0.29, 0.717) is 6.42 Å². The number of hydrogen-bond donors (Lipinski definition) is 1. The highest BCUT2D eigenvalue weighted by molar-refractivity contribution is 5.14. The molecule has 80 valence electrons. The molecule has 0 aliphatic carbocycles. The number of hydrogen-bond acceptors (Lipinski definition) is 2. The second-order valence-electron chi connectivity index (χ2n) is 3.85. The van der Waals surface area contributed by atoms with Crippen molar-refractivity contribution in [2.24, 2.45) is 5.73 Å². The SMILES string of the molecule is N#CCC(N)CCCCc1ccccc1. The quantitative estimate of drug-likeness (QED) is 0.721. The Kier molecular flexibility index (Phi) is 5.50. The maximum Gasteiger partial charge on any atom is 0.0638 e. The van der Waals surface area contributed by atoms with Crippen LogP contribution in [0.1, 0.15) is 31.2 Å². The fourth-order valence-electron chi connectivity index (χ4n) is 1.60. The first-order valence-electron chi connectivity index (χ1n) is 5.49. The van der Waals surface area contributed by atoms with Gasteiger partial charge in [-0.3, -0.25) is 0 Å². The van der Waals surface area contributed by atoms with Crippen molar-refractivity contribution in [2.75, 3.05) is 0 Å². The molecular weight excluding hydrogens is 184 g/mol. The molecule has 1 aromatic carbocycles. The summed E-state index contributed by atoms with van der Waals surface area (Å²) in [6.07, 6.45) is 4.81. The summed E-state index contributed by atoms with van der Waals surface area (Å²) in [4.78, 5) is 0. The molecule has 0 amide bonds. The van der Waals surface area contributed by atoms with E-state index in [4.69, 9.17) is 11.0 Å². The molecule has 0 saturated carbocycles. The molecule has 0 saturated heterocycles. The molecule has 2 nitrogen and oxygen atoms in total. The maximum atomic E-state index is 8.44. The highest BCUT2D eigenvalue weighted by atomic mass is 14.6. The molecule has 0 aliphatic heterocycles. The lowest BCUT2D eigenvalue weighted by Crippen LogP contribution is -2.18. The molecular formula is C13H18N2. The van der Waals surface area contributed by atoms with Gasteiger partial charge < -0.3 is 5.73 Å². The van der Waals surface area contributed by atoms with E-state index >= 15 is 0 Å². The summed E-state index contributed by atoms with van der Waals surface area (Å²) in [7, 11) is 0. The van der Waals surface area contributed by atoms with Gasteiger partial charge in [-0.25, -0.2) is 0 Å². The van der Waals surface area contributed by atoms with Crippen LogP contribution in [0.15, 0.2) is 30.3 Å². The summed E-state index contributed by atoms with van der Waals surface area (Å²) < 4.78 is 0. The molecule has 1 rings (SSSR count). The minimum absolute atomic E-state index is 0.0609. The summed E-state index contributed by atoms with van der Waals surface area (Å²) in [5, 5.41) is 8.44. The van der Waals surface area contributed by atoms with Gasteiger partial charge in [-0.15, -0.1) is 0 Å². The van der Waals surface area contributed by atoms with Crippen molar-refractivity contribution in [2.45, 2.75) is 38.1 Å². The van der Waals surface area contributed by atoms with Gasteiger partial charge in [0.2, 0.25) is 0 Å². The normalized spacial score (nSPS) is 12.0. The highest BCUT2D eigenvalue weighted by Crippen LogP contribution is 2.07. The van der Waals surface area contributed by atoms with E-state index in [0.717, 1.165) is 25.7 Å². The first-order valence-corrected chi connectivity index (χ1v) is 5.49. The number of benzene rings is 1. The second-order valence-corrected chi connectivity index (χ2v) is 3.85. The molecule has 15 heavy (non-hydrogen) atoms. The predicted molar refractivity (Wildman–Crippen MR) is 62.2 cm³/mol. The summed E-state index contributed by atoms with van der Waals surface area (Å²) in [6.45, 7) is 0. The molecule has 0 spiro atoms. The van der Waals surface area contributed by atoms with Crippen LogP contribution >= 0.6 is 0 Å². The Hall–Kier alpha value is -1.33. The molecule has 0 radical (unpaired) electrons. The van der Waals surface area contributed by atoms with Crippen molar-refractivity contribution in [1.29, 1.82) is 5.26 Å². The van der Waals surface area contributed by atoms with Crippen LogP contribution in [0.2, 0.25) is 0 Å². The number of unbranched alkanes of at least 4 members (excludes halogenated alkanes) is 1. The number of rotatable bonds is 6. The van der Waals surface area contributed by atoms with E-state index in [2.05, 4.69) is 30.3 Å². The zero-order chi connectivity index (χ0) is 10.9. The van der Waals surface area contributed by atoms with Gasteiger partial charge >= 0.3 is 0 Å². The Labute approximate surface area is 91.7 Å². The Morgan fingerprint density at radius 1 is 1.20 bits per heavy atom. The van der Waals surface area contributed by atoms with Crippen LogP contribution in [0.25, 0.3) is 0 Å². The minimum atomic E-state index is 0.0609. The molecule has 2 N–H and O–H groups in total. The van der Waals surface area contributed by atoms with E-state index in [1.807, 2.05) is 6.07 Å². The van der Waals surface area contributed by atoms with Crippen LogP contribution in [-0.4, -0.2) is 6.04 Å². The van der Waals surface area contributed by atoms with Crippen LogP contribution in [0.5, 0.6) is 0 Å². The maximum absolute atomic E-state index is 8.44. The molecule has 2 heteroatoms. The van der Waals surface area contributed by atoms with Gasteiger partial charge in [0.05, 0.1) is 12.5 Å². The average molecular weight is 202 g/mol. The van der Waals surface area contributed by atoms with Gasteiger partial charge in [-0.05, 0) is 24.8 Å². The standard InChI is InChI=1S/C13H18N2/c14-11-10-13(15)9-5-4-8-12-6-2-1-3-7-12/h1-3,6-7,13H,4-5,8-10,15H2. The van der Waals surface area contributed by atoms with Crippen molar-refractivity contribution in [1.82, 2.24) is 0 Å². The topological polar surface area (TPSA) is 49.8 Å². The minimum Gasteiger partial charge on any atom is -0.327 e. The molecule has 0 aromatic heterocycles. The Morgan fingerprint density at radius 2 is 1.93 bits per heavy atom. The number of nitriles is 1. The Balaban J connectivity index is 2.10. The average Bonchev–Trinajstić information content (AvgIpc) is 2.26. The van der Waals surface area contributed by atoms with Crippen LogP contribution < -0.4 is 5.73 Å². The van der Waals surface area contributed by atoms with E-state index in [-0.39, 0.29) is 6.04 Å². The van der Waals surface area contributed by atoms with Gasteiger partial charge in [0, 0.05) is 6.04 Å². The first-order chi connectivity index (χ1) is 7.33. The summed E-state index contributed by atoms with van der Waals surface area (Å²) in [5.74, 6) is 0. The van der Waals surface area contributed by atoms with Crippen molar-refractivity contribution < 1.29 is 0 Å². The third-order valence-electron chi connectivity index (χ3n) is 2.49. The monoisotopic (exact) mass is 202 g/mol. The van der Waals surface area contributed by atoms with Crippen LogP contribution in [-0.2, 0) is 6.42 Å². The predicted octanol–water partition coefficient (Wildman–Crippen LogP) is 2.64. The van der Waals surface area contributed by atoms with Gasteiger partial charge in [0.15, 0.2) is 0 Å². The van der Waals surface area contributed by atoms with Gasteiger partial charge in [0.25, 0.3) is 0 Å². The van der Waals surface area contributed by atoms with E-state index in [1.165, 1.54) is 5.56 Å². The molecule has 0 heterocycles. The van der Waals surface area contributed by atoms with Crippen molar-refractivity contribution in [3.63, 3.8) is 0 Å². The van der Waals surface area contributed by atoms with Crippen LogP contribution in [0.3, 0.4) is 0 Å². The fourth-order valence-corrected chi connectivity index (χ4v) is 1.60. The molecule has 0 bridgehead atoms. The summed E-state index contributed by atoms with van der Waals surface area (Å²) in [5.41, 5.74) is 7.12. The van der Waals surface area contributed by atoms with Crippen LogP contribution in [0, 0.1) is 11.3 Å². The van der Waals surface area contributed by atoms with Gasteiger partial charge in [0.1, 0.15) is 0 Å². The third-order valence-corrected chi connectivity index (χ3v) is 2.49. The fraction of sp³-hybridized carbons (Fsp3) is 0.462. The van der Waals surface area contributed by atoms with E-state index in [1.54, 1.807) is 0 Å². The van der Waals surface area contributed by atoms with E-state index in [9.17, 15) is 0 Å². The number of aryl methyl sites for hydroxylation is 1. The number of nitrogens with zero attached hydrogens (tertiary/aromatic N) is 1. The third kappa shape index (κ3) is 5.19. The Morgan fingerprint density at radius 3 is 2.60 bits per heavy atom. The molecule has 1 aromatic rings. The number of nitrogens with two attached hydrogens (primary N) is 1. The Bertz CT molecular complexity index is 300. The van der Waals surface area contributed by atoms with E-state index < -0.39 is 0 Å². The smallest absolute Gasteiger partial charge is 0.0638 e. The van der Waals surface area contributed by atoms with Crippen molar-refractivity contribution in [3.05, 3.63) is 35.9 Å². The zero-order valence-electron chi connectivity index (χ0n) is 9.02.